The summed E-state index contributed by atoms with van der Waals surface area (Å²) >= 11 is 0. The minimum Gasteiger partial charge on any atom is -0.293 e. The second kappa shape index (κ2) is 5.93. The molecule has 0 aliphatic carbocycles. The van der Waals surface area contributed by atoms with Gasteiger partial charge in [0.1, 0.15) is 11.4 Å². The molecule has 1 heterocycles. The Morgan fingerprint density at radius 3 is 2.32 bits per heavy atom. The number of ketones is 1. The fourth-order valence-electron chi connectivity index (χ4n) is 1.46. The van der Waals surface area contributed by atoms with E-state index in [1.54, 1.807) is 0 Å². The van der Waals surface area contributed by atoms with E-state index in [9.17, 15) is 22.4 Å². The third-order valence-electron chi connectivity index (χ3n) is 2.68. The molecule has 3 nitrogen and oxygen atoms in total. The Kier molecular flexibility index (Phi) is 4.22. The number of Topliss-reactive ketones (excluding diaryl/α,β-unsaturated/α-hetero) is 1. The molecule has 0 radical (unpaired) electrons. The quantitative estimate of drug-likeness (QED) is 0.633. The number of halogens is 4. The SMILES string of the molecule is CC(=O)C(F)(F)c1ccc(C#Cc2ccc(F)c(F)c2)nn1. The summed E-state index contributed by atoms with van der Waals surface area (Å²) in [6, 6.07) is 5.17. The van der Waals surface area contributed by atoms with E-state index in [4.69, 9.17) is 0 Å². The van der Waals surface area contributed by atoms with Crippen molar-refractivity contribution in [2.75, 3.05) is 0 Å². The second-order valence-corrected chi connectivity index (χ2v) is 4.31. The number of hydrogen-bond acceptors (Lipinski definition) is 3. The number of benzene rings is 1. The van der Waals surface area contributed by atoms with Crippen molar-refractivity contribution in [3.8, 4) is 11.8 Å². The van der Waals surface area contributed by atoms with E-state index >= 15 is 0 Å². The third kappa shape index (κ3) is 3.28. The molecule has 7 heteroatoms. The molecule has 0 aliphatic rings. The van der Waals surface area contributed by atoms with Gasteiger partial charge in [-0.15, -0.1) is 10.2 Å². The molecule has 0 amide bonds. The van der Waals surface area contributed by atoms with E-state index in [2.05, 4.69) is 22.0 Å². The van der Waals surface area contributed by atoms with Crippen molar-refractivity contribution in [3.05, 3.63) is 58.9 Å². The summed E-state index contributed by atoms with van der Waals surface area (Å²) in [7, 11) is 0. The number of aromatic nitrogens is 2. The van der Waals surface area contributed by atoms with Crippen LogP contribution in [-0.2, 0) is 10.7 Å². The van der Waals surface area contributed by atoms with E-state index in [0.717, 1.165) is 31.2 Å². The van der Waals surface area contributed by atoms with Gasteiger partial charge in [-0.1, -0.05) is 5.92 Å². The summed E-state index contributed by atoms with van der Waals surface area (Å²) in [5.74, 6) is -2.13. The standard InChI is InChI=1S/C15H8F4N2O/c1-9(22)15(18,19)14-7-5-11(20-21-14)4-2-10-3-6-12(16)13(17)8-10/h3,5-8H,1H3. The highest BCUT2D eigenvalue weighted by atomic mass is 19.3. The Bertz CT molecular complexity index is 776. The van der Waals surface area contributed by atoms with Crippen LogP contribution in [-0.4, -0.2) is 16.0 Å². The van der Waals surface area contributed by atoms with Gasteiger partial charge in [-0.3, -0.25) is 4.79 Å². The maximum absolute atomic E-state index is 13.4. The molecule has 112 valence electrons. The summed E-state index contributed by atoms with van der Waals surface area (Å²) in [5.41, 5.74) is -0.537. The molecule has 0 unspecified atom stereocenters. The van der Waals surface area contributed by atoms with Crippen molar-refractivity contribution in [3.63, 3.8) is 0 Å². The lowest BCUT2D eigenvalue weighted by Gasteiger charge is -2.10. The number of rotatable bonds is 2. The lowest BCUT2D eigenvalue weighted by Crippen LogP contribution is -2.24. The molecule has 0 bridgehead atoms. The van der Waals surface area contributed by atoms with E-state index in [1.165, 1.54) is 6.07 Å². The van der Waals surface area contributed by atoms with Gasteiger partial charge in [0.2, 0.25) is 5.78 Å². The van der Waals surface area contributed by atoms with Gasteiger partial charge in [0, 0.05) is 12.5 Å². The van der Waals surface area contributed by atoms with Gasteiger partial charge in [-0.05, 0) is 36.3 Å². The van der Waals surface area contributed by atoms with Crippen molar-refractivity contribution < 1.29 is 22.4 Å². The van der Waals surface area contributed by atoms with E-state index in [-0.39, 0.29) is 11.3 Å². The van der Waals surface area contributed by atoms with Crippen molar-refractivity contribution in [1.82, 2.24) is 10.2 Å². The zero-order valence-electron chi connectivity index (χ0n) is 11.2. The van der Waals surface area contributed by atoms with Gasteiger partial charge in [0.15, 0.2) is 11.6 Å². The highest BCUT2D eigenvalue weighted by Crippen LogP contribution is 2.26. The highest BCUT2D eigenvalue weighted by Gasteiger charge is 2.39. The van der Waals surface area contributed by atoms with Gasteiger partial charge in [0.25, 0.3) is 0 Å². The van der Waals surface area contributed by atoms with Crippen LogP contribution in [0.2, 0.25) is 0 Å². The second-order valence-electron chi connectivity index (χ2n) is 4.31. The van der Waals surface area contributed by atoms with Crippen LogP contribution >= 0.6 is 0 Å². The lowest BCUT2D eigenvalue weighted by atomic mass is 10.1. The number of hydrogen-bond donors (Lipinski definition) is 0. The summed E-state index contributed by atoms with van der Waals surface area (Å²) in [6.45, 7) is 0.748. The molecule has 0 atom stereocenters. The zero-order valence-corrected chi connectivity index (χ0v) is 11.2. The van der Waals surface area contributed by atoms with Gasteiger partial charge < -0.3 is 0 Å². The van der Waals surface area contributed by atoms with Crippen molar-refractivity contribution in [1.29, 1.82) is 0 Å². The molecule has 0 saturated carbocycles. The Balaban J connectivity index is 2.24. The molecule has 0 aliphatic heterocycles. The van der Waals surface area contributed by atoms with Crippen molar-refractivity contribution in [2.45, 2.75) is 12.8 Å². The maximum atomic E-state index is 13.4. The minimum absolute atomic E-state index is 0.0489. The van der Waals surface area contributed by atoms with Crippen LogP contribution in [0.15, 0.2) is 30.3 Å². The number of alkyl halides is 2. The molecule has 0 spiro atoms. The smallest absolute Gasteiger partial charge is 0.293 e. The first-order valence-electron chi connectivity index (χ1n) is 6.01. The third-order valence-corrected chi connectivity index (χ3v) is 2.68. The minimum atomic E-state index is -3.71. The normalized spacial score (nSPS) is 10.8. The maximum Gasteiger partial charge on any atom is 0.348 e. The fourth-order valence-corrected chi connectivity index (χ4v) is 1.46. The molecule has 0 fully saturated rings. The molecule has 1 aromatic carbocycles. The summed E-state index contributed by atoms with van der Waals surface area (Å²) in [4.78, 5) is 10.8. The zero-order chi connectivity index (χ0) is 16.3. The number of carbonyl (C=O) groups is 1. The largest absolute Gasteiger partial charge is 0.348 e. The number of nitrogens with zero attached hydrogens (tertiary/aromatic N) is 2. The summed E-state index contributed by atoms with van der Waals surface area (Å²) < 4.78 is 52.5. The van der Waals surface area contributed by atoms with Crippen LogP contribution < -0.4 is 0 Å². The Morgan fingerprint density at radius 2 is 1.77 bits per heavy atom. The monoisotopic (exact) mass is 308 g/mol. The molecule has 22 heavy (non-hydrogen) atoms. The molecular formula is C15H8F4N2O. The Labute approximate surface area is 123 Å². The van der Waals surface area contributed by atoms with Crippen LogP contribution in [0.3, 0.4) is 0 Å². The van der Waals surface area contributed by atoms with Crippen LogP contribution in [0.5, 0.6) is 0 Å². The van der Waals surface area contributed by atoms with Crippen LogP contribution in [0.4, 0.5) is 17.6 Å². The lowest BCUT2D eigenvalue weighted by molar-refractivity contribution is -0.142. The first kappa shape index (κ1) is 15.6. The predicted molar refractivity (Wildman–Crippen MR) is 68.9 cm³/mol. The van der Waals surface area contributed by atoms with Crippen molar-refractivity contribution in [2.24, 2.45) is 0 Å². The van der Waals surface area contributed by atoms with Gasteiger partial charge >= 0.3 is 5.92 Å². The van der Waals surface area contributed by atoms with E-state index in [1.807, 2.05) is 0 Å². The highest BCUT2D eigenvalue weighted by molar-refractivity contribution is 5.83. The first-order valence-corrected chi connectivity index (χ1v) is 6.01. The fraction of sp³-hybridized carbons (Fsp3) is 0.133. The molecule has 2 aromatic rings. The van der Waals surface area contributed by atoms with E-state index in [0.29, 0.717) is 0 Å². The van der Waals surface area contributed by atoms with Crippen molar-refractivity contribution >= 4 is 5.78 Å². The Morgan fingerprint density at radius 1 is 1.05 bits per heavy atom. The molecule has 0 N–H and O–H groups in total. The number of carbonyl (C=O) groups excluding carboxylic acids is 1. The Hall–Kier alpha value is -2.75. The van der Waals surface area contributed by atoms with E-state index < -0.39 is 29.0 Å². The molecule has 0 saturated heterocycles. The molecule has 1 aromatic heterocycles. The molecular weight excluding hydrogens is 300 g/mol. The van der Waals surface area contributed by atoms with Crippen LogP contribution in [0.25, 0.3) is 0 Å². The van der Waals surface area contributed by atoms with Crippen LogP contribution in [0.1, 0.15) is 23.9 Å². The predicted octanol–water partition coefficient (Wildman–Crippen LogP) is 2.84. The topological polar surface area (TPSA) is 42.9 Å². The molecule has 2 rings (SSSR count). The average molecular weight is 308 g/mol. The average Bonchev–Trinajstić information content (AvgIpc) is 2.49. The van der Waals surface area contributed by atoms with Gasteiger partial charge in [-0.25, -0.2) is 8.78 Å². The van der Waals surface area contributed by atoms with Crippen LogP contribution in [0, 0.1) is 23.5 Å². The summed E-state index contributed by atoms with van der Waals surface area (Å²) in [5, 5.41) is 6.72. The van der Waals surface area contributed by atoms with Gasteiger partial charge in [-0.2, -0.15) is 8.78 Å². The van der Waals surface area contributed by atoms with Gasteiger partial charge in [0.05, 0.1) is 0 Å². The summed E-state index contributed by atoms with van der Waals surface area (Å²) in [6.07, 6.45) is 0. The first-order chi connectivity index (χ1) is 10.3.